The first-order valence-electron chi connectivity index (χ1n) is 10.3. The minimum absolute atomic E-state index is 0.241. The molecule has 0 radical (unpaired) electrons. The number of ether oxygens (including phenoxy) is 2. The van der Waals surface area contributed by atoms with Gasteiger partial charge in [0.15, 0.2) is 11.5 Å². The lowest BCUT2D eigenvalue weighted by molar-refractivity contribution is 0.297. The highest BCUT2D eigenvalue weighted by atomic mass is 32.2. The number of thioether (sulfide) groups is 1. The Hall–Kier alpha value is -2.39. The summed E-state index contributed by atoms with van der Waals surface area (Å²) in [5, 5.41) is 1.09. The van der Waals surface area contributed by atoms with Crippen molar-refractivity contribution in [3.63, 3.8) is 0 Å². The van der Waals surface area contributed by atoms with Gasteiger partial charge in [-0.1, -0.05) is 24.3 Å². The van der Waals surface area contributed by atoms with Gasteiger partial charge in [0.05, 0.1) is 24.2 Å². The van der Waals surface area contributed by atoms with Crippen LogP contribution in [-0.4, -0.2) is 28.7 Å². The van der Waals surface area contributed by atoms with Gasteiger partial charge < -0.3 is 9.47 Å². The monoisotopic (exact) mass is 482 g/mol. The molecule has 2 aromatic heterocycles. The average Bonchev–Trinajstić information content (AvgIpc) is 3.12. The van der Waals surface area contributed by atoms with E-state index in [2.05, 4.69) is 40.2 Å². The maximum Gasteiger partial charge on any atom is 0.162 e. The van der Waals surface area contributed by atoms with Gasteiger partial charge in [-0.25, -0.2) is 13.9 Å². The molecule has 2 unspecified atom stereocenters. The fourth-order valence-electron chi connectivity index (χ4n) is 3.65. The molecule has 0 aliphatic carbocycles. The standard InChI is InChI=1S/C24H22N2O3S3/c1-30-21-8-3-2-7-18(21)23(22-14-16-6-4-11-25-24(16)31-22)26-32(27)17-9-10-19-20(15-17)29-13-5-12-28-19/h2-4,6-11,14-15,23,26H,5,12-13H2,1H3. The van der Waals surface area contributed by atoms with E-state index in [9.17, 15) is 4.21 Å². The molecule has 1 aliphatic heterocycles. The predicted molar refractivity (Wildman–Crippen MR) is 131 cm³/mol. The second kappa shape index (κ2) is 9.62. The van der Waals surface area contributed by atoms with Gasteiger partial charge in [0, 0.05) is 33.8 Å². The number of nitrogens with zero attached hydrogens (tertiary/aromatic N) is 1. The van der Waals surface area contributed by atoms with Crippen LogP contribution in [0.5, 0.6) is 11.5 Å². The molecule has 0 amide bonds. The van der Waals surface area contributed by atoms with E-state index in [1.54, 1.807) is 29.3 Å². The van der Waals surface area contributed by atoms with Crippen LogP contribution in [0, 0.1) is 0 Å². The highest BCUT2D eigenvalue weighted by Gasteiger charge is 2.23. The molecule has 1 N–H and O–H groups in total. The zero-order valence-corrected chi connectivity index (χ0v) is 19.9. The van der Waals surface area contributed by atoms with Crippen molar-refractivity contribution in [1.82, 2.24) is 9.71 Å². The lowest BCUT2D eigenvalue weighted by Gasteiger charge is -2.20. The first-order valence-corrected chi connectivity index (χ1v) is 13.5. The molecular weight excluding hydrogens is 460 g/mol. The van der Waals surface area contributed by atoms with Crippen LogP contribution < -0.4 is 14.2 Å². The summed E-state index contributed by atoms with van der Waals surface area (Å²) in [6.07, 6.45) is 4.69. The topological polar surface area (TPSA) is 60.5 Å². The normalized spacial score (nSPS) is 15.3. The van der Waals surface area contributed by atoms with Gasteiger partial charge in [-0.2, -0.15) is 0 Å². The van der Waals surface area contributed by atoms with E-state index in [-0.39, 0.29) is 6.04 Å². The summed E-state index contributed by atoms with van der Waals surface area (Å²) in [4.78, 5) is 8.33. The number of nitrogens with one attached hydrogen (secondary N) is 1. The van der Waals surface area contributed by atoms with Crippen molar-refractivity contribution in [1.29, 1.82) is 0 Å². The van der Waals surface area contributed by atoms with E-state index in [0.29, 0.717) is 29.6 Å². The predicted octanol–water partition coefficient (Wildman–Crippen LogP) is 5.58. The second-order valence-corrected chi connectivity index (χ2v) is 10.4. The molecule has 5 rings (SSSR count). The molecule has 0 bridgehead atoms. The van der Waals surface area contributed by atoms with Crippen LogP contribution in [0.1, 0.15) is 22.9 Å². The maximum absolute atomic E-state index is 13.5. The summed E-state index contributed by atoms with van der Waals surface area (Å²) in [5.74, 6) is 1.34. The smallest absolute Gasteiger partial charge is 0.162 e. The van der Waals surface area contributed by atoms with Crippen LogP contribution in [0.3, 0.4) is 0 Å². The Morgan fingerprint density at radius 1 is 1.06 bits per heavy atom. The Kier molecular flexibility index (Phi) is 6.45. The summed E-state index contributed by atoms with van der Waals surface area (Å²) in [6, 6.07) is 19.6. The Balaban J connectivity index is 1.52. The molecule has 2 aromatic carbocycles. The number of thiophene rings is 1. The van der Waals surface area contributed by atoms with Gasteiger partial charge >= 0.3 is 0 Å². The number of benzene rings is 2. The van der Waals surface area contributed by atoms with Gasteiger partial charge in [-0.15, -0.1) is 23.1 Å². The van der Waals surface area contributed by atoms with Crippen molar-refractivity contribution in [2.75, 3.05) is 19.5 Å². The zero-order valence-electron chi connectivity index (χ0n) is 17.4. The lowest BCUT2D eigenvalue weighted by Crippen LogP contribution is -2.24. The Morgan fingerprint density at radius 2 is 1.91 bits per heavy atom. The van der Waals surface area contributed by atoms with Crippen LogP contribution >= 0.6 is 23.1 Å². The molecule has 8 heteroatoms. The van der Waals surface area contributed by atoms with Crippen LogP contribution in [-0.2, 0) is 11.0 Å². The third-order valence-electron chi connectivity index (χ3n) is 5.21. The van der Waals surface area contributed by atoms with E-state index in [4.69, 9.17) is 9.47 Å². The van der Waals surface area contributed by atoms with Crippen molar-refractivity contribution in [2.45, 2.75) is 22.3 Å². The average molecular weight is 483 g/mol. The quantitative estimate of drug-likeness (QED) is 0.364. The lowest BCUT2D eigenvalue weighted by atomic mass is 10.1. The Morgan fingerprint density at radius 3 is 2.75 bits per heavy atom. The first kappa shape index (κ1) is 21.5. The minimum atomic E-state index is -1.46. The van der Waals surface area contributed by atoms with Crippen LogP contribution in [0.25, 0.3) is 10.2 Å². The van der Waals surface area contributed by atoms with E-state index in [1.165, 1.54) is 0 Å². The fourth-order valence-corrected chi connectivity index (χ4v) is 6.44. The van der Waals surface area contributed by atoms with Crippen molar-refractivity contribution >= 4 is 44.3 Å². The molecule has 0 fully saturated rings. The maximum atomic E-state index is 13.5. The molecule has 2 atom stereocenters. The number of hydrogen-bond acceptors (Lipinski definition) is 6. The van der Waals surface area contributed by atoms with Gasteiger partial charge in [-0.05, 0) is 42.2 Å². The number of hydrogen-bond donors (Lipinski definition) is 1. The van der Waals surface area contributed by atoms with Crippen molar-refractivity contribution in [3.8, 4) is 11.5 Å². The van der Waals surface area contributed by atoms with Gasteiger partial charge in [0.2, 0.25) is 0 Å². The molecule has 164 valence electrons. The second-order valence-electron chi connectivity index (χ2n) is 7.27. The number of pyridine rings is 1. The number of rotatable bonds is 6. The fraction of sp³-hybridized carbons (Fsp3) is 0.208. The van der Waals surface area contributed by atoms with E-state index >= 15 is 0 Å². The van der Waals surface area contributed by atoms with Crippen molar-refractivity contribution in [3.05, 3.63) is 77.3 Å². The summed E-state index contributed by atoms with van der Waals surface area (Å²) < 4.78 is 28.4. The molecule has 5 nitrogen and oxygen atoms in total. The molecular formula is C24H22N2O3S3. The minimum Gasteiger partial charge on any atom is -0.490 e. The molecule has 0 saturated heterocycles. The summed E-state index contributed by atoms with van der Waals surface area (Å²) in [6.45, 7) is 1.22. The Labute approximate surface area is 197 Å². The molecule has 3 heterocycles. The summed E-state index contributed by atoms with van der Waals surface area (Å²) in [5.41, 5.74) is 1.09. The van der Waals surface area contributed by atoms with E-state index in [1.807, 2.05) is 36.4 Å². The SMILES string of the molecule is CSc1ccccc1C(NS(=O)c1ccc2c(c1)OCCCO2)c1cc2cccnc2s1. The molecule has 4 aromatic rings. The van der Waals surface area contributed by atoms with Gasteiger partial charge in [0.1, 0.15) is 15.8 Å². The highest BCUT2D eigenvalue weighted by molar-refractivity contribution is 7.98. The highest BCUT2D eigenvalue weighted by Crippen LogP contribution is 2.37. The largest absolute Gasteiger partial charge is 0.490 e. The van der Waals surface area contributed by atoms with E-state index in [0.717, 1.165) is 32.0 Å². The zero-order chi connectivity index (χ0) is 21.9. The third-order valence-corrected chi connectivity index (χ3v) is 8.27. The molecule has 1 aliphatic rings. The van der Waals surface area contributed by atoms with Gasteiger partial charge in [0.25, 0.3) is 0 Å². The number of fused-ring (bicyclic) bond motifs is 2. The molecule has 32 heavy (non-hydrogen) atoms. The summed E-state index contributed by atoms with van der Waals surface area (Å²) >= 11 is 3.30. The third kappa shape index (κ3) is 4.41. The first-order chi connectivity index (χ1) is 15.7. The number of aromatic nitrogens is 1. The van der Waals surface area contributed by atoms with Crippen LogP contribution in [0.2, 0.25) is 0 Å². The van der Waals surface area contributed by atoms with Gasteiger partial charge in [-0.3, -0.25) is 0 Å². The molecule has 0 saturated carbocycles. The summed E-state index contributed by atoms with van der Waals surface area (Å²) in [7, 11) is -1.46. The van der Waals surface area contributed by atoms with Crippen molar-refractivity contribution < 1.29 is 13.7 Å². The Bertz CT molecular complexity index is 1240. The molecule has 0 spiro atoms. The van der Waals surface area contributed by atoms with Crippen molar-refractivity contribution in [2.24, 2.45) is 0 Å². The van der Waals surface area contributed by atoms with Crippen LogP contribution in [0.4, 0.5) is 0 Å². The van der Waals surface area contributed by atoms with Crippen LogP contribution in [0.15, 0.2) is 76.7 Å². The van der Waals surface area contributed by atoms with E-state index < -0.39 is 11.0 Å².